The van der Waals surface area contributed by atoms with Gasteiger partial charge in [-0.1, -0.05) is 92.9 Å². The highest BCUT2D eigenvalue weighted by atomic mass is 16.6. The van der Waals surface area contributed by atoms with Crippen molar-refractivity contribution in [3.63, 3.8) is 0 Å². The quantitative estimate of drug-likeness (QED) is 0.368. The number of carbonyl (C=O) groups excluding carboxylic acids is 1. The van der Waals surface area contributed by atoms with E-state index in [1.54, 1.807) is 6.92 Å². The minimum atomic E-state index is -0.768. The first-order valence-electron chi connectivity index (χ1n) is 10.6. The van der Waals surface area contributed by atoms with Crippen molar-refractivity contribution in [1.29, 1.82) is 0 Å². The van der Waals surface area contributed by atoms with Crippen molar-refractivity contribution in [2.24, 2.45) is 5.92 Å². The molecule has 2 nitrogen and oxygen atoms in total. The third-order valence-electron chi connectivity index (χ3n) is 6.66. The van der Waals surface area contributed by atoms with E-state index < -0.39 is 5.60 Å². The van der Waals surface area contributed by atoms with Crippen LogP contribution in [0.15, 0.2) is 72.8 Å². The topological polar surface area (TPSA) is 26.3 Å². The van der Waals surface area contributed by atoms with Gasteiger partial charge >= 0.3 is 5.97 Å². The number of rotatable bonds is 4. The van der Waals surface area contributed by atoms with Gasteiger partial charge in [0.15, 0.2) is 5.60 Å². The lowest BCUT2D eigenvalue weighted by atomic mass is 9.70. The Morgan fingerprint density at radius 3 is 2.38 bits per heavy atom. The fourth-order valence-electron chi connectivity index (χ4n) is 5.36. The Kier molecular flexibility index (Phi) is 4.31. The first kappa shape index (κ1) is 18.2. The second kappa shape index (κ2) is 6.88. The normalized spacial score (nSPS) is 20.4. The van der Waals surface area contributed by atoms with Crippen LogP contribution in [0.25, 0.3) is 21.9 Å². The predicted octanol–water partition coefficient (Wildman–Crippen LogP) is 6.76. The second-order valence-electron chi connectivity index (χ2n) is 8.61. The van der Waals surface area contributed by atoms with Crippen LogP contribution in [0.3, 0.4) is 0 Å². The molecular formula is C27H26O2. The molecule has 3 aromatic carbocycles. The second-order valence-corrected chi connectivity index (χ2v) is 8.61. The van der Waals surface area contributed by atoms with E-state index in [0.717, 1.165) is 17.5 Å². The van der Waals surface area contributed by atoms with Gasteiger partial charge in [0.2, 0.25) is 0 Å². The van der Waals surface area contributed by atoms with Crippen molar-refractivity contribution >= 4 is 16.7 Å². The molecule has 0 heterocycles. The molecule has 3 aromatic rings. The van der Waals surface area contributed by atoms with E-state index in [9.17, 15) is 4.79 Å². The highest BCUT2D eigenvalue weighted by Gasteiger charge is 2.46. The Balaban J connectivity index is 1.83. The molecule has 1 unspecified atom stereocenters. The van der Waals surface area contributed by atoms with Crippen LogP contribution < -0.4 is 0 Å². The molecule has 0 radical (unpaired) electrons. The Bertz CT molecular complexity index is 1120. The number of ether oxygens (including phenoxy) is 1. The van der Waals surface area contributed by atoms with Gasteiger partial charge in [0.1, 0.15) is 0 Å². The number of carbonyl (C=O) groups is 1. The smallest absolute Gasteiger partial charge is 0.334 e. The SMILES string of the molecule is C=C(C)C(=O)OC1(CC2CCCC2)c2ccccc2-c2cccc3cccc1c23. The summed E-state index contributed by atoms with van der Waals surface area (Å²) in [6.45, 7) is 5.59. The van der Waals surface area contributed by atoms with E-state index >= 15 is 0 Å². The van der Waals surface area contributed by atoms with E-state index in [2.05, 4.69) is 67.2 Å². The summed E-state index contributed by atoms with van der Waals surface area (Å²) in [6, 6.07) is 21.3. The highest BCUT2D eigenvalue weighted by molar-refractivity contribution is 6.03. The van der Waals surface area contributed by atoms with Crippen LogP contribution >= 0.6 is 0 Å². The minimum Gasteiger partial charge on any atom is -0.446 e. The van der Waals surface area contributed by atoms with Crippen LogP contribution in [-0.2, 0) is 15.1 Å². The number of hydrogen-bond acceptors (Lipinski definition) is 2. The Morgan fingerprint density at radius 2 is 1.62 bits per heavy atom. The predicted molar refractivity (Wildman–Crippen MR) is 118 cm³/mol. The minimum absolute atomic E-state index is 0.311. The van der Waals surface area contributed by atoms with E-state index in [1.807, 2.05) is 0 Å². The molecule has 5 rings (SSSR count). The van der Waals surface area contributed by atoms with Crippen LogP contribution in [0.1, 0.15) is 50.2 Å². The molecule has 1 atom stereocenters. The molecule has 0 bridgehead atoms. The molecule has 2 aliphatic rings. The number of hydrogen-bond donors (Lipinski definition) is 0. The van der Waals surface area contributed by atoms with Gasteiger partial charge in [-0.25, -0.2) is 4.79 Å². The maximum Gasteiger partial charge on any atom is 0.334 e. The molecule has 146 valence electrons. The van der Waals surface area contributed by atoms with E-state index in [-0.39, 0.29) is 5.97 Å². The summed E-state index contributed by atoms with van der Waals surface area (Å²) in [5, 5.41) is 2.40. The molecule has 0 N–H and O–H groups in total. The van der Waals surface area contributed by atoms with Gasteiger partial charge in [-0.3, -0.25) is 0 Å². The lowest BCUT2D eigenvalue weighted by molar-refractivity contribution is -0.153. The molecular weight excluding hydrogens is 356 g/mol. The molecule has 1 fully saturated rings. The molecule has 0 amide bonds. The van der Waals surface area contributed by atoms with E-state index in [4.69, 9.17) is 4.74 Å². The highest BCUT2D eigenvalue weighted by Crippen LogP contribution is 2.53. The first-order chi connectivity index (χ1) is 14.1. The van der Waals surface area contributed by atoms with Crippen LogP contribution in [0.2, 0.25) is 0 Å². The van der Waals surface area contributed by atoms with Gasteiger partial charge < -0.3 is 4.74 Å². The van der Waals surface area contributed by atoms with Gasteiger partial charge in [0, 0.05) is 16.7 Å². The molecule has 2 heteroatoms. The van der Waals surface area contributed by atoms with E-state index in [1.165, 1.54) is 47.6 Å². The number of esters is 1. The molecule has 0 saturated heterocycles. The van der Waals surface area contributed by atoms with Crippen LogP contribution in [-0.4, -0.2) is 5.97 Å². The number of fused-ring (bicyclic) bond motifs is 2. The van der Waals surface area contributed by atoms with Crippen molar-refractivity contribution in [2.45, 2.75) is 44.6 Å². The largest absolute Gasteiger partial charge is 0.446 e. The zero-order valence-electron chi connectivity index (χ0n) is 16.9. The van der Waals surface area contributed by atoms with Gasteiger partial charge in [-0.2, -0.15) is 0 Å². The van der Waals surface area contributed by atoms with Crippen LogP contribution in [0, 0.1) is 5.92 Å². The zero-order chi connectivity index (χ0) is 20.0. The lowest BCUT2D eigenvalue weighted by Gasteiger charge is -2.41. The summed E-state index contributed by atoms with van der Waals surface area (Å²) >= 11 is 0. The Morgan fingerprint density at radius 1 is 0.966 bits per heavy atom. The summed E-state index contributed by atoms with van der Waals surface area (Å²) in [6.07, 6.45) is 5.75. The van der Waals surface area contributed by atoms with Gasteiger partial charge in [-0.15, -0.1) is 0 Å². The summed E-state index contributed by atoms with van der Waals surface area (Å²) < 4.78 is 6.44. The molecule has 29 heavy (non-hydrogen) atoms. The number of benzene rings is 3. The fourth-order valence-corrected chi connectivity index (χ4v) is 5.36. The third kappa shape index (κ3) is 2.81. The van der Waals surface area contributed by atoms with Crippen LogP contribution in [0.5, 0.6) is 0 Å². The average Bonchev–Trinajstić information content (AvgIpc) is 3.24. The summed E-state index contributed by atoms with van der Waals surface area (Å²) in [5.74, 6) is 0.246. The lowest BCUT2D eigenvalue weighted by Crippen LogP contribution is -2.38. The van der Waals surface area contributed by atoms with Gasteiger partial charge in [0.25, 0.3) is 0 Å². The third-order valence-corrected chi connectivity index (χ3v) is 6.66. The van der Waals surface area contributed by atoms with Crippen molar-refractivity contribution in [3.05, 3.63) is 83.9 Å². The van der Waals surface area contributed by atoms with Crippen molar-refractivity contribution < 1.29 is 9.53 Å². The standard InChI is InChI=1S/C27H26O2/c1-18(2)26(28)29-27(17-19-9-3-4-10-19)23-15-6-5-13-21(23)22-14-7-11-20-12-8-16-24(27)25(20)22/h5-8,11-16,19H,1,3-4,9-10,17H2,2H3. The molecule has 0 aliphatic heterocycles. The summed E-state index contributed by atoms with van der Waals surface area (Å²) in [4.78, 5) is 12.9. The van der Waals surface area contributed by atoms with Crippen molar-refractivity contribution in [2.75, 3.05) is 0 Å². The molecule has 0 aromatic heterocycles. The molecule has 1 saturated carbocycles. The average molecular weight is 383 g/mol. The Hall–Kier alpha value is -2.87. The summed E-state index contributed by atoms with van der Waals surface area (Å²) in [7, 11) is 0. The maximum atomic E-state index is 12.9. The molecule has 0 spiro atoms. The monoisotopic (exact) mass is 382 g/mol. The van der Waals surface area contributed by atoms with Crippen LogP contribution in [0.4, 0.5) is 0 Å². The Labute approximate surface area is 172 Å². The fraction of sp³-hybridized carbons (Fsp3) is 0.296. The van der Waals surface area contributed by atoms with Gasteiger partial charge in [0.05, 0.1) is 0 Å². The van der Waals surface area contributed by atoms with Gasteiger partial charge in [-0.05, 0) is 41.2 Å². The van der Waals surface area contributed by atoms with Crippen molar-refractivity contribution in [3.8, 4) is 11.1 Å². The first-order valence-corrected chi connectivity index (χ1v) is 10.6. The summed E-state index contributed by atoms with van der Waals surface area (Å²) in [5.41, 5.74) is 4.29. The van der Waals surface area contributed by atoms with Crippen molar-refractivity contribution in [1.82, 2.24) is 0 Å². The molecule has 2 aliphatic carbocycles. The maximum absolute atomic E-state index is 12.9. The zero-order valence-corrected chi connectivity index (χ0v) is 16.9. The van der Waals surface area contributed by atoms with E-state index in [0.29, 0.717) is 11.5 Å².